The van der Waals surface area contributed by atoms with Gasteiger partial charge in [0.05, 0.1) is 5.41 Å². The van der Waals surface area contributed by atoms with Crippen molar-refractivity contribution in [3.63, 3.8) is 0 Å². The highest BCUT2D eigenvalue weighted by atomic mass is 35.5. The van der Waals surface area contributed by atoms with E-state index >= 15 is 0 Å². The molecule has 0 saturated heterocycles. The number of carbonyl (C=O) groups excluding carboxylic acids is 1. The molecule has 1 rings (SSSR count). The zero-order valence-electron chi connectivity index (χ0n) is 12.0. The molecule has 0 heterocycles. The first-order valence-corrected chi connectivity index (χ1v) is 7.02. The first kappa shape index (κ1) is 16.5. The van der Waals surface area contributed by atoms with Crippen LogP contribution >= 0.6 is 11.6 Å². The molecule has 0 aliphatic carbocycles. The van der Waals surface area contributed by atoms with Crippen molar-refractivity contribution in [1.29, 1.82) is 0 Å². The lowest BCUT2D eigenvalue weighted by molar-refractivity contribution is -0.151. The molecule has 0 fully saturated rings. The third kappa shape index (κ3) is 3.73. The van der Waals surface area contributed by atoms with Crippen LogP contribution in [-0.2, 0) is 9.59 Å². The molecule has 0 spiro atoms. The zero-order chi connectivity index (χ0) is 15.3. The Labute approximate surface area is 124 Å². The lowest BCUT2D eigenvalue weighted by atomic mass is 9.79. The van der Waals surface area contributed by atoms with Crippen LogP contribution in [0, 0.1) is 12.3 Å². The maximum absolute atomic E-state index is 12.1. The number of hydrogen-bond donors (Lipinski definition) is 2. The number of carbonyl (C=O) groups is 2. The molecule has 2 N–H and O–H groups in total. The second-order valence-corrected chi connectivity index (χ2v) is 5.41. The van der Waals surface area contributed by atoms with Gasteiger partial charge < -0.3 is 10.4 Å². The monoisotopic (exact) mass is 297 g/mol. The molecule has 0 aliphatic rings. The number of aliphatic carboxylic acids is 1. The molecule has 0 radical (unpaired) electrons. The van der Waals surface area contributed by atoms with E-state index in [-0.39, 0.29) is 12.3 Å². The fraction of sp³-hybridized carbons (Fsp3) is 0.467. The van der Waals surface area contributed by atoms with Gasteiger partial charge in [-0.05, 0) is 43.5 Å². The fourth-order valence-electron chi connectivity index (χ4n) is 2.15. The Morgan fingerprint density at radius 3 is 2.35 bits per heavy atom. The van der Waals surface area contributed by atoms with Gasteiger partial charge in [0.2, 0.25) is 5.91 Å². The van der Waals surface area contributed by atoms with Crippen molar-refractivity contribution < 1.29 is 14.7 Å². The summed E-state index contributed by atoms with van der Waals surface area (Å²) < 4.78 is 0. The Kier molecular flexibility index (Phi) is 5.57. The van der Waals surface area contributed by atoms with Crippen LogP contribution in [0.15, 0.2) is 18.2 Å². The SMILES string of the molecule is CCC(CC)(CC(=O)Nc1ccc(Cl)cc1C)C(=O)O. The van der Waals surface area contributed by atoms with E-state index in [1.807, 2.05) is 6.92 Å². The number of hydrogen-bond acceptors (Lipinski definition) is 2. The number of rotatable bonds is 6. The topological polar surface area (TPSA) is 66.4 Å². The smallest absolute Gasteiger partial charge is 0.310 e. The van der Waals surface area contributed by atoms with Gasteiger partial charge in [-0.1, -0.05) is 25.4 Å². The van der Waals surface area contributed by atoms with Crippen molar-refractivity contribution in [3.8, 4) is 0 Å². The van der Waals surface area contributed by atoms with Gasteiger partial charge in [-0.2, -0.15) is 0 Å². The molecule has 20 heavy (non-hydrogen) atoms. The quantitative estimate of drug-likeness (QED) is 0.837. The van der Waals surface area contributed by atoms with Gasteiger partial charge >= 0.3 is 5.97 Å². The van der Waals surface area contributed by atoms with Crippen molar-refractivity contribution >= 4 is 29.2 Å². The van der Waals surface area contributed by atoms with Gasteiger partial charge in [-0.15, -0.1) is 0 Å². The highest BCUT2D eigenvalue weighted by molar-refractivity contribution is 6.30. The average molecular weight is 298 g/mol. The lowest BCUT2D eigenvalue weighted by Crippen LogP contribution is -2.34. The highest BCUT2D eigenvalue weighted by Crippen LogP contribution is 2.31. The molecule has 4 nitrogen and oxygen atoms in total. The minimum absolute atomic E-state index is 0.0304. The van der Waals surface area contributed by atoms with Crippen molar-refractivity contribution in [3.05, 3.63) is 28.8 Å². The Morgan fingerprint density at radius 1 is 1.30 bits per heavy atom. The van der Waals surface area contributed by atoms with Gasteiger partial charge in [0, 0.05) is 17.1 Å². The molecule has 0 unspecified atom stereocenters. The number of amides is 1. The van der Waals surface area contributed by atoms with E-state index in [4.69, 9.17) is 11.6 Å². The van der Waals surface area contributed by atoms with E-state index < -0.39 is 11.4 Å². The van der Waals surface area contributed by atoms with E-state index in [0.29, 0.717) is 23.6 Å². The average Bonchev–Trinajstić information content (AvgIpc) is 2.39. The number of nitrogens with one attached hydrogen (secondary N) is 1. The Morgan fingerprint density at radius 2 is 1.90 bits per heavy atom. The maximum Gasteiger partial charge on any atom is 0.310 e. The van der Waals surface area contributed by atoms with Gasteiger partial charge in [-0.3, -0.25) is 9.59 Å². The van der Waals surface area contributed by atoms with E-state index in [9.17, 15) is 14.7 Å². The summed E-state index contributed by atoms with van der Waals surface area (Å²) in [5.41, 5.74) is 0.510. The van der Waals surface area contributed by atoms with Crippen molar-refractivity contribution in [2.45, 2.75) is 40.0 Å². The van der Waals surface area contributed by atoms with Crippen LogP contribution in [-0.4, -0.2) is 17.0 Å². The summed E-state index contributed by atoms with van der Waals surface area (Å²) in [7, 11) is 0. The number of carboxylic acids is 1. The first-order chi connectivity index (χ1) is 9.34. The molecule has 0 aliphatic heterocycles. The van der Waals surface area contributed by atoms with Gasteiger partial charge in [-0.25, -0.2) is 0 Å². The third-order valence-corrected chi connectivity index (χ3v) is 4.00. The molecular formula is C15H20ClNO3. The summed E-state index contributed by atoms with van der Waals surface area (Å²) in [6.45, 7) is 5.42. The highest BCUT2D eigenvalue weighted by Gasteiger charge is 2.37. The number of benzene rings is 1. The van der Waals surface area contributed by atoms with Crippen LogP contribution in [0.25, 0.3) is 0 Å². The van der Waals surface area contributed by atoms with Crippen LogP contribution in [0.2, 0.25) is 5.02 Å². The summed E-state index contributed by atoms with van der Waals surface area (Å²) in [6, 6.07) is 5.16. The predicted octanol–water partition coefficient (Wildman–Crippen LogP) is 3.87. The largest absolute Gasteiger partial charge is 0.481 e. The summed E-state index contributed by atoms with van der Waals surface area (Å²) in [5, 5.41) is 12.7. The number of aryl methyl sites for hydroxylation is 1. The molecule has 1 aromatic rings. The van der Waals surface area contributed by atoms with Crippen LogP contribution < -0.4 is 5.32 Å². The lowest BCUT2D eigenvalue weighted by Gasteiger charge is -2.26. The van der Waals surface area contributed by atoms with E-state index in [1.54, 1.807) is 32.0 Å². The number of halogens is 1. The van der Waals surface area contributed by atoms with Crippen LogP contribution in [0.4, 0.5) is 5.69 Å². The minimum Gasteiger partial charge on any atom is -0.481 e. The van der Waals surface area contributed by atoms with Crippen molar-refractivity contribution in [1.82, 2.24) is 0 Å². The van der Waals surface area contributed by atoms with Crippen LogP contribution in [0.1, 0.15) is 38.7 Å². The van der Waals surface area contributed by atoms with E-state index in [2.05, 4.69) is 5.32 Å². The minimum atomic E-state index is -0.996. The number of carboxylic acid groups (broad SMARTS) is 1. The molecule has 1 aromatic carbocycles. The van der Waals surface area contributed by atoms with Crippen LogP contribution in [0.3, 0.4) is 0 Å². The Balaban J connectivity index is 2.83. The number of anilines is 1. The molecule has 0 bridgehead atoms. The molecule has 0 aromatic heterocycles. The molecule has 110 valence electrons. The first-order valence-electron chi connectivity index (χ1n) is 6.64. The van der Waals surface area contributed by atoms with Gasteiger partial charge in [0.15, 0.2) is 0 Å². The molecule has 0 atom stereocenters. The van der Waals surface area contributed by atoms with E-state index in [1.165, 1.54) is 0 Å². The zero-order valence-corrected chi connectivity index (χ0v) is 12.8. The standard InChI is InChI=1S/C15H20ClNO3/c1-4-15(5-2,14(19)20)9-13(18)17-12-7-6-11(16)8-10(12)3/h6-8H,4-5,9H2,1-3H3,(H,17,18)(H,19,20). The molecular weight excluding hydrogens is 278 g/mol. The van der Waals surface area contributed by atoms with Gasteiger partial charge in [0.1, 0.15) is 0 Å². The summed E-state index contributed by atoms with van der Waals surface area (Å²) >= 11 is 5.86. The molecule has 0 saturated carbocycles. The maximum atomic E-state index is 12.1. The third-order valence-electron chi connectivity index (χ3n) is 3.77. The van der Waals surface area contributed by atoms with Crippen molar-refractivity contribution in [2.24, 2.45) is 5.41 Å². The summed E-state index contributed by atoms with van der Waals surface area (Å²) in [5.74, 6) is -1.22. The molecule has 5 heteroatoms. The second-order valence-electron chi connectivity index (χ2n) is 4.98. The van der Waals surface area contributed by atoms with Crippen LogP contribution in [0.5, 0.6) is 0 Å². The Hall–Kier alpha value is -1.55. The van der Waals surface area contributed by atoms with Crippen molar-refractivity contribution in [2.75, 3.05) is 5.32 Å². The van der Waals surface area contributed by atoms with E-state index in [0.717, 1.165) is 5.56 Å². The summed E-state index contributed by atoms with van der Waals surface area (Å²) in [6.07, 6.45) is 0.815. The normalized spacial score (nSPS) is 11.2. The summed E-state index contributed by atoms with van der Waals surface area (Å²) in [4.78, 5) is 23.5. The molecule has 1 amide bonds. The second kappa shape index (κ2) is 6.75. The predicted molar refractivity (Wildman–Crippen MR) is 80.1 cm³/mol. The fourth-order valence-corrected chi connectivity index (χ4v) is 2.37. The van der Waals surface area contributed by atoms with Gasteiger partial charge in [0.25, 0.3) is 0 Å². The Bertz CT molecular complexity index is 510.